The van der Waals surface area contributed by atoms with Crippen molar-refractivity contribution in [1.29, 1.82) is 0 Å². The fourth-order valence-electron chi connectivity index (χ4n) is 2.77. The Morgan fingerprint density at radius 1 is 1.29 bits per heavy atom. The Kier molecular flexibility index (Phi) is 7.39. The topological polar surface area (TPSA) is 87.4 Å². The van der Waals surface area contributed by atoms with E-state index in [0.717, 1.165) is 51.5 Å². The van der Waals surface area contributed by atoms with Gasteiger partial charge in [-0.2, -0.15) is 0 Å². The molecular formula is C17H30N6O. The van der Waals surface area contributed by atoms with Crippen molar-refractivity contribution < 1.29 is 4.79 Å². The second kappa shape index (κ2) is 9.54. The monoisotopic (exact) mass is 334 g/mol. The first-order chi connectivity index (χ1) is 11.6. The summed E-state index contributed by atoms with van der Waals surface area (Å²) in [5.74, 6) is 0.997. The van der Waals surface area contributed by atoms with Gasteiger partial charge in [0.15, 0.2) is 0 Å². The van der Waals surface area contributed by atoms with E-state index < -0.39 is 6.04 Å². The van der Waals surface area contributed by atoms with Crippen LogP contribution >= 0.6 is 0 Å². The second-order valence-electron chi connectivity index (χ2n) is 6.43. The van der Waals surface area contributed by atoms with E-state index in [0.29, 0.717) is 6.54 Å². The molecule has 0 saturated carbocycles. The second-order valence-corrected chi connectivity index (χ2v) is 6.43. The van der Waals surface area contributed by atoms with E-state index in [4.69, 9.17) is 5.73 Å². The van der Waals surface area contributed by atoms with E-state index in [1.165, 1.54) is 0 Å². The lowest BCUT2D eigenvalue weighted by atomic mass is 9.99. The molecule has 0 aromatic carbocycles. The van der Waals surface area contributed by atoms with Crippen LogP contribution in [-0.4, -0.2) is 66.1 Å². The quantitative estimate of drug-likeness (QED) is 0.672. The van der Waals surface area contributed by atoms with Gasteiger partial charge in [0.2, 0.25) is 11.9 Å². The summed E-state index contributed by atoms with van der Waals surface area (Å²) in [6.07, 6.45) is 5.42. The number of aromatic nitrogens is 2. The van der Waals surface area contributed by atoms with Gasteiger partial charge < -0.3 is 16.0 Å². The molecule has 2 unspecified atom stereocenters. The molecule has 1 saturated heterocycles. The van der Waals surface area contributed by atoms with Gasteiger partial charge in [-0.15, -0.1) is 0 Å². The van der Waals surface area contributed by atoms with Crippen molar-refractivity contribution in [2.75, 3.05) is 44.2 Å². The Balaban J connectivity index is 1.60. The molecule has 2 rings (SSSR count). The van der Waals surface area contributed by atoms with Crippen LogP contribution in [0.1, 0.15) is 26.7 Å². The number of amides is 1. The highest BCUT2D eigenvalue weighted by molar-refractivity contribution is 5.81. The third-order valence-corrected chi connectivity index (χ3v) is 4.72. The summed E-state index contributed by atoms with van der Waals surface area (Å²) >= 11 is 0. The number of nitrogens with zero attached hydrogens (tertiary/aromatic N) is 4. The lowest BCUT2D eigenvalue weighted by Gasteiger charge is -2.34. The maximum atomic E-state index is 11.9. The molecule has 0 aliphatic carbocycles. The molecule has 134 valence electrons. The van der Waals surface area contributed by atoms with Crippen LogP contribution in [0, 0.1) is 5.92 Å². The molecule has 1 aromatic heterocycles. The SMILES string of the molecule is CCC(C)C(N)C(=O)NCCCN1CCN(c2ncccn2)CC1. The minimum atomic E-state index is -0.399. The molecule has 0 radical (unpaired) electrons. The molecule has 0 spiro atoms. The molecule has 24 heavy (non-hydrogen) atoms. The van der Waals surface area contributed by atoms with Crippen LogP contribution in [0.15, 0.2) is 18.5 Å². The lowest BCUT2D eigenvalue weighted by molar-refractivity contribution is -0.123. The number of rotatable bonds is 8. The summed E-state index contributed by atoms with van der Waals surface area (Å²) < 4.78 is 0. The minimum absolute atomic E-state index is 0.0320. The van der Waals surface area contributed by atoms with Gasteiger partial charge in [-0.3, -0.25) is 9.69 Å². The molecule has 1 aliphatic heterocycles. The smallest absolute Gasteiger partial charge is 0.237 e. The maximum Gasteiger partial charge on any atom is 0.237 e. The molecule has 2 atom stereocenters. The fraction of sp³-hybridized carbons (Fsp3) is 0.706. The van der Waals surface area contributed by atoms with Gasteiger partial charge in [0.05, 0.1) is 6.04 Å². The predicted molar refractivity (Wildman–Crippen MR) is 95.7 cm³/mol. The van der Waals surface area contributed by atoms with Crippen molar-refractivity contribution in [2.24, 2.45) is 11.7 Å². The summed E-state index contributed by atoms with van der Waals surface area (Å²) in [5, 5.41) is 2.95. The number of piperazine rings is 1. The average molecular weight is 334 g/mol. The van der Waals surface area contributed by atoms with E-state index >= 15 is 0 Å². The summed E-state index contributed by atoms with van der Waals surface area (Å²) in [5.41, 5.74) is 5.93. The highest BCUT2D eigenvalue weighted by Gasteiger charge is 2.20. The molecule has 3 N–H and O–H groups in total. The molecule has 1 amide bonds. The Morgan fingerprint density at radius 3 is 2.58 bits per heavy atom. The first-order valence-corrected chi connectivity index (χ1v) is 8.89. The molecule has 7 heteroatoms. The van der Waals surface area contributed by atoms with E-state index in [1.54, 1.807) is 12.4 Å². The van der Waals surface area contributed by atoms with Gasteiger partial charge in [-0.05, 0) is 24.9 Å². The van der Waals surface area contributed by atoms with Crippen LogP contribution in [0.4, 0.5) is 5.95 Å². The van der Waals surface area contributed by atoms with Gasteiger partial charge in [-0.25, -0.2) is 9.97 Å². The summed E-state index contributed by atoms with van der Waals surface area (Å²) in [6, 6.07) is 1.44. The highest BCUT2D eigenvalue weighted by Crippen LogP contribution is 2.09. The van der Waals surface area contributed by atoms with Crippen molar-refractivity contribution in [3.63, 3.8) is 0 Å². The standard InChI is InChI=1S/C17H30N6O/c1-3-14(2)15(18)16(24)19-8-5-9-22-10-12-23(13-11-22)17-20-6-4-7-21-17/h4,6-7,14-15H,3,5,8-13,18H2,1-2H3,(H,19,24). The Hall–Kier alpha value is -1.73. The highest BCUT2D eigenvalue weighted by atomic mass is 16.2. The number of anilines is 1. The van der Waals surface area contributed by atoms with Crippen molar-refractivity contribution in [3.8, 4) is 0 Å². The van der Waals surface area contributed by atoms with Crippen LogP contribution < -0.4 is 16.0 Å². The number of nitrogens with two attached hydrogens (primary N) is 1. The molecule has 2 heterocycles. The average Bonchev–Trinajstić information content (AvgIpc) is 2.65. The van der Waals surface area contributed by atoms with Crippen molar-refractivity contribution >= 4 is 11.9 Å². The summed E-state index contributed by atoms with van der Waals surface area (Å²) in [7, 11) is 0. The first-order valence-electron chi connectivity index (χ1n) is 8.89. The Morgan fingerprint density at radius 2 is 1.96 bits per heavy atom. The van der Waals surface area contributed by atoms with E-state index in [-0.39, 0.29) is 11.8 Å². The molecule has 1 aliphatic rings. The zero-order valence-corrected chi connectivity index (χ0v) is 14.8. The van der Waals surface area contributed by atoms with Gasteiger partial charge >= 0.3 is 0 Å². The van der Waals surface area contributed by atoms with Crippen LogP contribution in [0.3, 0.4) is 0 Å². The van der Waals surface area contributed by atoms with Gasteiger partial charge in [0, 0.05) is 45.1 Å². The number of hydrogen-bond acceptors (Lipinski definition) is 6. The van der Waals surface area contributed by atoms with E-state index in [1.807, 2.05) is 13.0 Å². The molecule has 7 nitrogen and oxygen atoms in total. The van der Waals surface area contributed by atoms with Crippen LogP contribution in [-0.2, 0) is 4.79 Å². The fourth-order valence-corrected chi connectivity index (χ4v) is 2.77. The zero-order valence-electron chi connectivity index (χ0n) is 14.8. The Labute approximate surface area is 144 Å². The molecule has 1 fully saturated rings. The van der Waals surface area contributed by atoms with E-state index in [9.17, 15) is 4.79 Å². The van der Waals surface area contributed by atoms with Crippen molar-refractivity contribution in [1.82, 2.24) is 20.2 Å². The number of carbonyl (C=O) groups is 1. The van der Waals surface area contributed by atoms with Gasteiger partial charge in [0.25, 0.3) is 0 Å². The van der Waals surface area contributed by atoms with Crippen molar-refractivity contribution in [3.05, 3.63) is 18.5 Å². The third kappa shape index (κ3) is 5.42. The van der Waals surface area contributed by atoms with E-state index in [2.05, 4.69) is 32.0 Å². The molecular weight excluding hydrogens is 304 g/mol. The van der Waals surface area contributed by atoms with Crippen LogP contribution in [0.5, 0.6) is 0 Å². The summed E-state index contributed by atoms with van der Waals surface area (Å²) in [6.45, 7) is 9.62. The first kappa shape index (κ1) is 18.6. The van der Waals surface area contributed by atoms with Crippen LogP contribution in [0.2, 0.25) is 0 Å². The third-order valence-electron chi connectivity index (χ3n) is 4.72. The molecule has 0 bridgehead atoms. The lowest BCUT2D eigenvalue weighted by Crippen LogP contribution is -2.48. The van der Waals surface area contributed by atoms with Gasteiger partial charge in [-0.1, -0.05) is 20.3 Å². The minimum Gasteiger partial charge on any atom is -0.355 e. The number of hydrogen-bond donors (Lipinski definition) is 2. The Bertz CT molecular complexity index is 489. The normalized spacial score (nSPS) is 18.2. The number of nitrogens with one attached hydrogen (secondary N) is 1. The number of carbonyl (C=O) groups excluding carboxylic acids is 1. The van der Waals surface area contributed by atoms with Crippen LogP contribution in [0.25, 0.3) is 0 Å². The predicted octanol–water partition coefficient (Wildman–Crippen LogP) is 0.478. The van der Waals surface area contributed by atoms with Crippen molar-refractivity contribution in [2.45, 2.75) is 32.7 Å². The maximum absolute atomic E-state index is 11.9. The molecule has 1 aromatic rings. The summed E-state index contributed by atoms with van der Waals surface area (Å²) in [4.78, 5) is 25.1. The zero-order chi connectivity index (χ0) is 17.4. The van der Waals surface area contributed by atoms with Gasteiger partial charge in [0.1, 0.15) is 0 Å². The largest absolute Gasteiger partial charge is 0.355 e.